The van der Waals surface area contributed by atoms with Crippen molar-refractivity contribution in [2.75, 3.05) is 18.4 Å². The minimum absolute atomic E-state index is 0.0767. The van der Waals surface area contributed by atoms with E-state index in [1.54, 1.807) is 41.7 Å². The molecule has 0 bridgehead atoms. The highest BCUT2D eigenvalue weighted by atomic mass is 35.5. The molecule has 0 radical (unpaired) electrons. The highest BCUT2D eigenvalue weighted by molar-refractivity contribution is 6.31. The second-order valence-electron chi connectivity index (χ2n) is 7.44. The Morgan fingerprint density at radius 3 is 3.12 bits per heavy atom. The van der Waals surface area contributed by atoms with Gasteiger partial charge in [-0.05, 0) is 30.5 Å². The molecule has 0 spiro atoms. The van der Waals surface area contributed by atoms with Crippen LogP contribution in [0.3, 0.4) is 0 Å². The zero-order valence-corrected chi connectivity index (χ0v) is 17.5. The zero-order valence-electron chi connectivity index (χ0n) is 16.8. The molecule has 10 heteroatoms. The fraction of sp³-hybridized carbons (Fsp3) is 0.182. The summed E-state index contributed by atoms with van der Waals surface area (Å²) < 4.78 is 19.6. The van der Waals surface area contributed by atoms with Crippen LogP contribution >= 0.6 is 11.6 Å². The minimum Gasteiger partial charge on any atom is -0.459 e. The monoisotopic (exact) mass is 452 g/mol. The number of fused-ring (bicyclic) bond motifs is 1. The quantitative estimate of drug-likeness (QED) is 0.462. The van der Waals surface area contributed by atoms with Crippen LogP contribution < -0.4 is 5.32 Å². The lowest BCUT2D eigenvalue weighted by Crippen LogP contribution is -2.35. The third-order valence-corrected chi connectivity index (χ3v) is 5.45. The van der Waals surface area contributed by atoms with E-state index in [4.69, 9.17) is 16.0 Å². The molecule has 0 aromatic carbocycles. The van der Waals surface area contributed by atoms with E-state index in [9.17, 15) is 9.18 Å². The van der Waals surface area contributed by atoms with Gasteiger partial charge in [0, 0.05) is 42.6 Å². The molecule has 5 heterocycles. The molecule has 0 fully saturated rings. The van der Waals surface area contributed by atoms with Gasteiger partial charge in [-0.2, -0.15) is 0 Å². The highest BCUT2D eigenvalue weighted by Crippen LogP contribution is 2.28. The summed E-state index contributed by atoms with van der Waals surface area (Å²) >= 11 is 6.06. The SMILES string of the molecule is O=C(c1ccco1)N1C=CCC(CNc2nc(-c3c[nH]c4ncc(Cl)cc34)ncc2F)C1. The number of amides is 1. The lowest BCUT2D eigenvalue weighted by Gasteiger charge is -2.27. The van der Waals surface area contributed by atoms with E-state index in [0.29, 0.717) is 35.1 Å². The number of nitrogens with zero attached hydrogens (tertiary/aromatic N) is 4. The highest BCUT2D eigenvalue weighted by Gasteiger charge is 2.23. The summed E-state index contributed by atoms with van der Waals surface area (Å²) in [5.74, 6) is 0.0359. The summed E-state index contributed by atoms with van der Waals surface area (Å²) in [5.41, 5.74) is 1.32. The fourth-order valence-corrected chi connectivity index (χ4v) is 3.82. The van der Waals surface area contributed by atoms with Crippen LogP contribution in [0.1, 0.15) is 17.0 Å². The van der Waals surface area contributed by atoms with Gasteiger partial charge in [0.15, 0.2) is 23.2 Å². The predicted octanol–water partition coefficient (Wildman–Crippen LogP) is 4.49. The van der Waals surface area contributed by atoms with Gasteiger partial charge in [0.05, 0.1) is 17.5 Å². The Kier molecular flexibility index (Phi) is 5.32. The molecular weight excluding hydrogens is 435 g/mol. The third kappa shape index (κ3) is 3.94. The third-order valence-electron chi connectivity index (χ3n) is 5.24. The van der Waals surface area contributed by atoms with Crippen molar-refractivity contribution >= 4 is 34.4 Å². The Labute approximate surface area is 187 Å². The van der Waals surface area contributed by atoms with Gasteiger partial charge in [-0.3, -0.25) is 4.79 Å². The standard InChI is InChI=1S/C22H18ClFN6O2/c23-14-7-15-16(10-27-19(15)26-9-14)20-28-11-17(24)21(29-20)25-8-13-3-1-5-30(12-13)22(31)18-4-2-6-32-18/h1-2,4-7,9-11,13H,3,8,12H2,(H,26,27)(H,25,28,29). The number of carbonyl (C=O) groups is 1. The average Bonchev–Trinajstić information content (AvgIpc) is 3.48. The van der Waals surface area contributed by atoms with Gasteiger partial charge in [0.2, 0.25) is 0 Å². The Balaban J connectivity index is 1.31. The molecule has 4 aromatic rings. The van der Waals surface area contributed by atoms with E-state index >= 15 is 0 Å². The van der Waals surface area contributed by atoms with E-state index in [2.05, 4.69) is 25.3 Å². The van der Waals surface area contributed by atoms with Gasteiger partial charge < -0.3 is 19.6 Å². The molecule has 2 N–H and O–H groups in total. The predicted molar refractivity (Wildman–Crippen MR) is 118 cm³/mol. The number of carbonyl (C=O) groups excluding carboxylic acids is 1. The van der Waals surface area contributed by atoms with Gasteiger partial charge in [0.25, 0.3) is 5.91 Å². The maximum absolute atomic E-state index is 14.4. The summed E-state index contributed by atoms with van der Waals surface area (Å²) in [4.78, 5) is 29.9. The van der Waals surface area contributed by atoms with Crippen LogP contribution in [-0.4, -0.2) is 43.8 Å². The first-order valence-corrected chi connectivity index (χ1v) is 10.4. The first-order chi connectivity index (χ1) is 15.6. The number of H-pyrrole nitrogens is 1. The molecule has 1 amide bonds. The Bertz CT molecular complexity index is 1300. The number of aromatic nitrogens is 4. The van der Waals surface area contributed by atoms with Crippen LogP contribution in [0.2, 0.25) is 5.02 Å². The number of anilines is 1. The number of allylic oxidation sites excluding steroid dienone is 1. The molecule has 162 valence electrons. The number of hydrogen-bond donors (Lipinski definition) is 2. The van der Waals surface area contributed by atoms with Crippen LogP contribution in [0.5, 0.6) is 0 Å². The zero-order chi connectivity index (χ0) is 22.1. The smallest absolute Gasteiger partial charge is 0.293 e. The number of aromatic amines is 1. The van der Waals surface area contributed by atoms with Gasteiger partial charge in [-0.25, -0.2) is 19.3 Å². The molecule has 0 saturated carbocycles. The van der Waals surface area contributed by atoms with Crippen LogP contribution in [0.15, 0.2) is 59.7 Å². The molecule has 1 atom stereocenters. The molecule has 8 nitrogen and oxygen atoms in total. The van der Waals surface area contributed by atoms with Crippen molar-refractivity contribution in [1.82, 2.24) is 24.8 Å². The van der Waals surface area contributed by atoms with Gasteiger partial charge in [0.1, 0.15) is 5.65 Å². The van der Waals surface area contributed by atoms with E-state index in [1.807, 2.05) is 6.08 Å². The first kappa shape index (κ1) is 20.2. The molecule has 1 aliphatic heterocycles. The van der Waals surface area contributed by atoms with E-state index in [1.165, 1.54) is 6.26 Å². The number of pyridine rings is 1. The maximum Gasteiger partial charge on any atom is 0.293 e. The first-order valence-electron chi connectivity index (χ1n) is 9.99. The number of nitrogens with one attached hydrogen (secondary N) is 2. The normalized spacial score (nSPS) is 15.9. The average molecular weight is 453 g/mol. The lowest BCUT2D eigenvalue weighted by molar-refractivity contribution is 0.0765. The minimum atomic E-state index is -0.556. The van der Waals surface area contributed by atoms with Crippen LogP contribution in [0.25, 0.3) is 22.4 Å². The van der Waals surface area contributed by atoms with Crippen molar-refractivity contribution in [2.24, 2.45) is 5.92 Å². The van der Waals surface area contributed by atoms with Gasteiger partial charge in [-0.15, -0.1) is 0 Å². The Morgan fingerprint density at radius 2 is 2.28 bits per heavy atom. The molecular formula is C22H18ClFN6O2. The topological polar surface area (TPSA) is 99.9 Å². The van der Waals surface area contributed by atoms with E-state index in [-0.39, 0.29) is 23.4 Å². The fourth-order valence-electron chi connectivity index (χ4n) is 3.66. The number of rotatable bonds is 5. The summed E-state index contributed by atoms with van der Waals surface area (Å²) in [7, 11) is 0. The van der Waals surface area contributed by atoms with Crippen molar-refractivity contribution in [3.05, 3.63) is 71.9 Å². The maximum atomic E-state index is 14.4. The van der Waals surface area contributed by atoms with Crippen molar-refractivity contribution in [2.45, 2.75) is 6.42 Å². The molecule has 5 rings (SSSR count). The Hall–Kier alpha value is -3.72. The molecule has 0 aliphatic carbocycles. The molecule has 4 aromatic heterocycles. The van der Waals surface area contributed by atoms with E-state index < -0.39 is 5.82 Å². The summed E-state index contributed by atoms with van der Waals surface area (Å²) in [5, 5.41) is 4.30. The van der Waals surface area contributed by atoms with Gasteiger partial charge in [-0.1, -0.05) is 17.7 Å². The molecule has 0 saturated heterocycles. The summed E-state index contributed by atoms with van der Waals surface area (Å²) in [6.45, 7) is 0.913. The van der Waals surface area contributed by atoms with Crippen molar-refractivity contribution in [3.8, 4) is 11.4 Å². The van der Waals surface area contributed by atoms with Crippen LogP contribution in [0, 0.1) is 11.7 Å². The molecule has 32 heavy (non-hydrogen) atoms. The van der Waals surface area contributed by atoms with Crippen molar-refractivity contribution < 1.29 is 13.6 Å². The van der Waals surface area contributed by atoms with Crippen LogP contribution in [0.4, 0.5) is 10.2 Å². The number of halogens is 2. The second kappa shape index (κ2) is 8.43. The summed E-state index contributed by atoms with van der Waals surface area (Å²) in [6, 6.07) is 5.06. The van der Waals surface area contributed by atoms with Gasteiger partial charge >= 0.3 is 0 Å². The second-order valence-corrected chi connectivity index (χ2v) is 7.88. The lowest BCUT2D eigenvalue weighted by atomic mass is 10.0. The number of hydrogen-bond acceptors (Lipinski definition) is 6. The molecule has 1 aliphatic rings. The van der Waals surface area contributed by atoms with E-state index in [0.717, 1.165) is 18.0 Å². The van der Waals surface area contributed by atoms with Crippen molar-refractivity contribution in [1.29, 1.82) is 0 Å². The van der Waals surface area contributed by atoms with Crippen LogP contribution in [-0.2, 0) is 0 Å². The molecule has 1 unspecified atom stereocenters. The largest absolute Gasteiger partial charge is 0.459 e. The Morgan fingerprint density at radius 1 is 1.38 bits per heavy atom. The summed E-state index contributed by atoms with van der Waals surface area (Å²) in [6.07, 6.45) is 10.3. The number of furan rings is 1. The van der Waals surface area contributed by atoms with Crippen molar-refractivity contribution in [3.63, 3.8) is 0 Å².